The second-order valence-electron chi connectivity index (χ2n) is 5.94. The van der Waals surface area contributed by atoms with E-state index in [4.69, 9.17) is 4.74 Å². The lowest BCUT2D eigenvalue weighted by molar-refractivity contribution is -0.137. The molecule has 3 rings (SSSR count). The largest absolute Gasteiger partial charge is 0.481 e. The number of H-pyrrole nitrogens is 1. The normalized spacial score (nSPS) is 12.0. The Morgan fingerprint density at radius 1 is 1.23 bits per heavy atom. The summed E-state index contributed by atoms with van der Waals surface area (Å²) in [4.78, 5) is 33.3. The molecule has 7 heteroatoms. The van der Waals surface area contributed by atoms with Gasteiger partial charge in [-0.3, -0.25) is 9.59 Å². The first-order valence-electron chi connectivity index (χ1n) is 8.09. The first-order chi connectivity index (χ1) is 12.4. The molecule has 6 nitrogen and oxygen atoms in total. The van der Waals surface area contributed by atoms with Crippen LogP contribution in [0.3, 0.4) is 0 Å². The van der Waals surface area contributed by atoms with Gasteiger partial charge in [0.1, 0.15) is 11.6 Å². The van der Waals surface area contributed by atoms with Gasteiger partial charge in [0.05, 0.1) is 17.4 Å². The number of rotatable bonds is 5. The predicted octanol–water partition coefficient (Wildman–Crippen LogP) is 3.11. The zero-order valence-corrected chi connectivity index (χ0v) is 16.0. The number of nitrogens with one attached hydrogen (secondary N) is 1. The van der Waals surface area contributed by atoms with Crippen LogP contribution >= 0.6 is 15.9 Å². The van der Waals surface area contributed by atoms with Gasteiger partial charge in [0, 0.05) is 11.5 Å². The van der Waals surface area contributed by atoms with Crippen LogP contribution in [0.25, 0.3) is 10.9 Å². The van der Waals surface area contributed by atoms with Crippen molar-refractivity contribution in [3.8, 4) is 5.75 Å². The van der Waals surface area contributed by atoms with E-state index in [0.717, 1.165) is 4.47 Å². The summed E-state index contributed by atoms with van der Waals surface area (Å²) >= 11 is 3.36. The minimum atomic E-state index is -0.659. The molecule has 0 aliphatic heterocycles. The lowest BCUT2D eigenvalue weighted by Crippen LogP contribution is -2.38. The minimum Gasteiger partial charge on any atom is -0.481 e. The Bertz CT molecular complexity index is 985. The molecule has 0 bridgehead atoms. The smallest absolute Gasteiger partial charge is 0.263 e. The highest BCUT2D eigenvalue weighted by Crippen LogP contribution is 2.18. The lowest BCUT2D eigenvalue weighted by atomic mass is 10.2. The van der Waals surface area contributed by atoms with Gasteiger partial charge in [-0.05, 0) is 43.3 Å². The summed E-state index contributed by atoms with van der Waals surface area (Å²) in [5.74, 6) is 0.837. The van der Waals surface area contributed by atoms with E-state index < -0.39 is 6.10 Å². The Hall–Kier alpha value is -2.67. The molecule has 2 aromatic carbocycles. The van der Waals surface area contributed by atoms with Crippen molar-refractivity contribution in [2.75, 3.05) is 7.05 Å². The van der Waals surface area contributed by atoms with E-state index in [1.807, 2.05) is 18.2 Å². The molecular formula is C19H18BrN3O3. The average Bonchev–Trinajstić information content (AvgIpc) is 2.63. The molecule has 0 spiro atoms. The fraction of sp³-hybridized carbons (Fsp3) is 0.211. The summed E-state index contributed by atoms with van der Waals surface area (Å²) in [7, 11) is 1.65. The van der Waals surface area contributed by atoms with E-state index in [2.05, 4.69) is 25.9 Å². The van der Waals surface area contributed by atoms with Crippen LogP contribution < -0.4 is 10.3 Å². The molecule has 3 aromatic rings. The number of aromatic nitrogens is 2. The number of fused-ring (bicyclic) bond motifs is 1. The summed E-state index contributed by atoms with van der Waals surface area (Å²) in [6.07, 6.45) is -0.659. The number of halogens is 1. The topological polar surface area (TPSA) is 75.3 Å². The van der Waals surface area contributed by atoms with Crippen molar-refractivity contribution in [1.82, 2.24) is 14.9 Å². The second-order valence-corrected chi connectivity index (χ2v) is 6.85. The number of nitrogens with zero attached hydrogens (tertiary/aromatic N) is 2. The summed E-state index contributed by atoms with van der Waals surface area (Å²) < 4.78 is 6.62. The summed E-state index contributed by atoms with van der Waals surface area (Å²) in [6, 6.07) is 14.4. The van der Waals surface area contributed by atoms with Gasteiger partial charge in [0.15, 0.2) is 6.10 Å². The summed E-state index contributed by atoms with van der Waals surface area (Å²) in [5, 5.41) is 0.525. The molecule has 0 fully saturated rings. The Balaban J connectivity index is 1.70. The van der Waals surface area contributed by atoms with Crippen LogP contribution in [0, 0.1) is 0 Å². The fourth-order valence-corrected chi connectivity index (χ4v) is 2.85. The molecule has 0 aliphatic rings. The van der Waals surface area contributed by atoms with Crippen LogP contribution in [0.5, 0.6) is 5.75 Å². The van der Waals surface area contributed by atoms with E-state index in [9.17, 15) is 9.59 Å². The molecule has 0 unspecified atom stereocenters. The highest BCUT2D eigenvalue weighted by molar-refractivity contribution is 9.10. The molecule has 1 atom stereocenters. The standard InChI is InChI=1S/C19H18BrN3O3/c1-12(26-14-9-7-13(20)8-10-14)19(25)23(2)11-17-21-16-6-4-3-5-15(16)18(24)22-17/h3-10,12H,11H2,1-2H3,(H,21,22,24)/t12-/m0/s1. The number of hydrogen-bond acceptors (Lipinski definition) is 4. The number of ether oxygens (including phenoxy) is 1. The average molecular weight is 416 g/mol. The monoisotopic (exact) mass is 415 g/mol. The molecule has 1 heterocycles. The van der Waals surface area contributed by atoms with Gasteiger partial charge in [-0.2, -0.15) is 0 Å². The molecule has 0 saturated carbocycles. The Labute approximate surface area is 158 Å². The minimum absolute atomic E-state index is 0.187. The van der Waals surface area contributed by atoms with Gasteiger partial charge in [0.25, 0.3) is 11.5 Å². The van der Waals surface area contributed by atoms with Crippen molar-refractivity contribution in [2.24, 2.45) is 0 Å². The Morgan fingerprint density at radius 2 is 1.92 bits per heavy atom. The molecule has 1 N–H and O–H groups in total. The highest BCUT2D eigenvalue weighted by atomic mass is 79.9. The highest BCUT2D eigenvalue weighted by Gasteiger charge is 2.20. The van der Waals surface area contributed by atoms with E-state index in [-0.39, 0.29) is 18.0 Å². The van der Waals surface area contributed by atoms with Gasteiger partial charge < -0.3 is 14.6 Å². The number of amides is 1. The first-order valence-corrected chi connectivity index (χ1v) is 8.88. The molecule has 1 amide bonds. The van der Waals surface area contributed by atoms with Crippen molar-refractivity contribution in [1.29, 1.82) is 0 Å². The Morgan fingerprint density at radius 3 is 2.65 bits per heavy atom. The van der Waals surface area contributed by atoms with Gasteiger partial charge in [0.2, 0.25) is 0 Å². The van der Waals surface area contributed by atoms with E-state index in [0.29, 0.717) is 22.5 Å². The molecule has 0 aliphatic carbocycles. The third-order valence-electron chi connectivity index (χ3n) is 3.90. The van der Waals surface area contributed by atoms with Crippen molar-refractivity contribution >= 4 is 32.7 Å². The molecule has 1 aromatic heterocycles. The lowest BCUT2D eigenvalue weighted by Gasteiger charge is -2.21. The number of benzene rings is 2. The molecule has 134 valence electrons. The third kappa shape index (κ3) is 4.11. The molecule has 26 heavy (non-hydrogen) atoms. The maximum absolute atomic E-state index is 12.5. The maximum Gasteiger partial charge on any atom is 0.263 e. The van der Waals surface area contributed by atoms with Crippen LogP contribution in [0.4, 0.5) is 0 Å². The van der Waals surface area contributed by atoms with Crippen LogP contribution in [0.1, 0.15) is 12.7 Å². The van der Waals surface area contributed by atoms with Gasteiger partial charge in [-0.25, -0.2) is 4.98 Å². The number of para-hydroxylation sites is 1. The zero-order chi connectivity index (χ0) is 18.7. The van der Waals surface area contributed by atoms with Crippen molar-refractivity contribution in [3.63, 3.8) is 0 Å². The van der Waals surface area contributed by atoms with Crippen LogP contribution in [-0.4, -0.2) is 33.9 Å². The predicted molar refractivity (Wildman–Crippen MR) is 103 cm³/mol. The van der Waals surface area contributed by atoms with Crippen LogP contribution in [-0.2, 0) is 11.3 Å². The maximum atomic E-state index is 12.5. The van der Waals surface area contributed by atoms with Crippen LogP contribution in [0.15, 0.2) is 57.8 Å². The first kappa shape index (κ1) is 18.1. The molecule has 0 radical (unpaired) electrons. The van der Waals surface area contributed by atoms with E-state index in [1.165, 1.54) is 4.90 Å². The van der Waals surface area contributed by atoms with Crippen LogP contribution in [0.2, 0.25) is 0 Å². The zero-order valence-electron chi connectivity index (χ0n) is 14.4. The summed E-state index contributed by atoms with van der Waals surface area (Å²) in [5.41, 5.74) is 0.386. The van der Waals surface area contributed by atoms with Gasteiger partial charge in [-0.15, -0.1) is 0 Å². The number of likely N-dealkylation sites (N-methyl/N-ethyl adjacent to an activating group) is 1. The van der Waals surface area contributed by atoms with E-state index in [1.54, 1.807) is 44.3 Å². The fourth-order valence-electron chi connectivity index (χ4n) is 2.59. The quantitative estimate of drug-likeness (QED) is 0.694. The second kappa shape index (κ2) is 7.70. The van der Waals surface area contributed by atoms with Crippen molar-refractivity contribution in [2.45, 2.75) is 19.6 Å². The van der Waals surface area contributed by atoms with E-state index >= 15 is 0 Å². The van der Waals surface area contributed by atoms with Crippen molar-refractivity contribution < 1.29 is 9.53 Å². The van der Waals surface area contributed by atoms with Gasteiger partial charge >= 0.3 is 0 Å². The summed E-state index contributed by atoms with van der Waals surface area (Å²) in [6.45, 7) is 1.88. The number of hydrogen-bond donors (Lipinski definition) is 1. The number of carbonyl (C=O) groups excluding carboxylic acids is 1. The van der Waals surface area contributed by atoms with Gasteiger partial charge in [-0.1, -0.05) is 28.1 Å². The molecular weight excluding hydrogens is 398 g/mol. The number of carbonyl (C=O) groups is 1. The third-order valence-corrected chi connectivity index (χ3v) is 4.43. The number of aromatic amines is 1. The SMILES string of the molecule is C[C@H](Oc1ccc(Br)cc1)C(=O)N(C)Cc1nc2ccccc2c(=O)[nH]1. The van der Waals surface area contributed by atoms with Crippen molar-refractivity contribution in [3.05, 3.63) is 69.2 Å². The Kier molecular flexibility index (Phi) is 5.37. The molecule has 0 saturated heterocycles.